The standard InChI is InChI=1S/C24H16ClF3O3S2/c1-14(29)21-7-6-16(23-9-15-4-2-3-5-22(15)32-23)8-17(21)13-33(30,31)20-11-18(24(26,27)28)10-19(25)12-20/h2-12H,13H2,1H3. The summed E-state index contributed by atoms with van der Waals surface area (Å²) >= 11 is 7.29. The van der Waals surface area contributed by atoms with Gasteiger partial charge in [0.05, 0.1) is 16.2 Å². The summed E-state index contributed by atoms with van der Waals surface area (Å²) in [6, 6.07) is 16.8. The van der Waals surface area contributed by atoms with Crippen LogP contribution in [0.2, 0.25) is 5.02 Å². The Morgan fingerprint density at radius 1 is 1.00 bits per heavy atom. The quantitative estimate of drug-likeness (QED) is 0.264. The van der Waals surface area contributed by atoms with Crippen LogP contribution in [0.4, 0.5) is 13.2 Å². The molecular weight excluding hydrogens is 493 g/mol. The molecule has 0 aliphatic rings. The summed E-state index contributed by atoms with van der Waals surface area (Å²) < 4.78 is 66.7. The van der Waals surface area contributed by atoms with E-state index in [2.05, 4.69) is 0 Å². The maximum absolute atomic E-state index is 13.2. The van der Waals surface area contributed by atoms with Gasteiger partial charge in [-0.2, -0.15) is 13.2 Å². The predicted octanol–water partition coefficient (Wildman–Crippen LogP) is 7.42. The van der Waals surface area contributed by atoms with E-state index in [0.29, 0.717) is 17.7 Å². The largest absolute Gasteiger partial charge is 0.416 e. The van der Waals surface area contributed by atoms with Crippen LogP contribution in [0.25, 0.3) is 20.5 Å². The molecule has 1 aromatic heterocycles. The molecule has 33 heavy (non-hydrogen) atoms. The molecule has 0 saturated carbocycles. The van der Waals surface area contributed by atoms with Crippen LogP contribution in [0.15, 0.2) is 71.6 Å². The number of Topliss-reactive ketones (excluding diaryl/α,β-unsaturated/α-hetero) is 1. The van der Waals surface area contributed by atoms with Gasteiger partial charge in [-0.1, -0.05) is 41.9 Å². The summed E-state index contributed by atoms with van der Waals surface area (Å²) in [5.74, 6) is -0.983. The molecule has 4 rings (SSSR count). The van der Waals surface area contributed by atoms with Crippen molar-refractivity contribution in [1.29, 1.82) is 0 Å². The second-order valence-electron chi connectivity index (χ2n) is 7.51. The van der Waals surface area contributed by atoms with E-state index in [4.69, 9.17) is 11.6 Å². The van der Waals surface area contributed by atoms with Crippen molar-refractivity contribution in [3.63, 3.8) is 0 Å². The van der Waals surface area contributed by atoms with Crippen molar-refractivity contribution in [2.75, 3.05) is 0 Å². The molecule has 170 valence electrons. The number of halogens is 4. The first-order valence-corrected chi connectivity index (χ1v) is 12.5. The number of alkyl halides is 3. The van der Waals surface area contributed by atoms with Crippen LogP contribution >= 0.6 is 22.9 Å². The third-order valence-corrected chi connectivity index (χ3v) is 8.13. The summed E-state index contributed by atoms with van der Waals surface area (Å²) in [5, 5.41) is 0.690. The first-order chi connectivity index (χ1) is 15.4. The van der Waals surface area contributed by atoms with Gasteiger partial charge >= 0.3 is 6.18 Å². The lowest BCUT2D eigenvalue weighted by Crippen LogP contribution is -2.11. The number of hydrogen-bond donors (Lipinski definition) is 0. The molecule has 0 saturated heterocycles. The van der Waals surface area contributed by atoms with Gasteiger partial charge in [0.25, 0.3) is 0 Å². The van der Waals surface area contributed by atoms with Crippen molar-refractivity contribution in [2.24, 2.45) is 0 Å². The van der Waals surface area contributed by atoms with Gasteiger partial charge in [0.15, 0.2) is 15.6 Å². The van der Waals surface area contributed by atoms with E-state index in [1.165, 1.54) is 18.3 Å². The van der Waals surface area contributed by atoms with Crippen molar-refractivity contribution >= 4 is 48.6 Å². The normalized spacial score (nSPS) is 12.3. The number of carbonyl (C=O) groups is 1. The molecular formula is C24H16ClF3O3S2. The number of ketones is 1. The highest BCUT2D eigenvalue weighted by atomic mass is 35.5. The molecule has 0 aliphatic heterocycles. The van der Waals surface area contributed by atoms with Crippen molar-refractivity contribution in [3.8, 4) is 10.4 Å². The minimum Gasteiger partial charge on any atom is -0.295 e. The molecule has 9 heteroatoms. The number of thiophene rings is 1. The zero-order valence-corrected chi connectivity index (χ0v) is 19.5. The molecule has 0 bridgehead atoms. The van der Waals surface area contributed by atoms with Gasteiger partial charge in [0.2, 0.25) is 0 Å². The minimum absolute atomic E-state index is 0.196. The fraction of sp³-hybridized carbons (Fsp3) is 0.125. The van der Waals surface area contributed by atoms with Crippen LogP contribution in [0.3, 0.4) is 0 Å². The van der Waals surface area contributed by atoms with E-state index in [-0.39, 0.29) is 21.9 Å². The highest BCUT2D eigenvalue weighted by Gasteiger charge is 2.32. The van der Waals surface area contributed by atoms with Crippen LogP contribution in [-0.2, 0) is 21.8 Å². The Balaban J connectivity index is 1.79. The van der Waals surface area contributed by atoms with E-state index < -0.39 is 32.2 Å². The van der Waals surface area contributed by atoms with E-state index in [9.17, 15) is 26.4 Å². The molecule has 0 N–H and O–H groups in total. The first-order valence-electron chi connectivity index (χ1n) is 9.67. The maximum atomic E-state index is 13.2. The van der Waals surface area contributed by atoms with Gasteiger partial charge < -0.3 is 0 Å². The third kappa shape index (κ3) is 4.98. The van der Waals surface area contributed by atoms with Crippen molar-refractivity contribution in [2.45, 2.75) is 23.7 Å². The highest BCUT2D eigenvalue weighted by molar-refractivity contribution is 7.90. The summed E-state index contributed by atoms with van der Waals surface area (Å²) in [4.78, 5) is 12.5. The number of sulfone groups is 1. The van der Waals surface area contributed by atoms with E-state index in [1.54, 1.807) is 18.2 Å². The zero-order chi connectivity index (χ0) is 24.0. The Hall–Kier alpha value is -2.68. The van der Waals surface area contributed by atoms with Crippen molar-refractivity contribution in [1.82, 2.24) is 0 Å². The second-order valence-corrected chi connectivity index (χ2v) is 11.0. The summed E-state index contributed by atoms with van der Waals surface area (Å²) in [5.41, 5.74) is -0.0274. The zero-order valence-electron chi connectivity index (χ0n) is 17.1. The van der Waals surface area contributed by atoms with E-state index in [1.807, 2.05) is 30.3 Å². The molecule has 0 spiro atoms. The van der Waals surface area contributed by atoms with Gasteiger partial charge in [-0.15, -0.1) is 11.3 Å². The van der Waals surface area contributed by atoms with E-state index >= 15 is 0 Å². The summed E-state index contributed by atoms with van der Waals surface area (Å²) in [6.45, 7) is 1.31. The van der Waals surface area contributed by atoms with Crippen LogP contribution in [0.5, 0.6) is 0 Å². The minimum atomic E-state index is -4.75. The van der Waals surface area contributed by atoms with Gasteiger partial charge in [-0.05, 0) is 59.8 Å². The number of benzene rings is 3. The SMILES string of the molecule is CC(=O)c1ccc(-c2cc3ccccc3s2)cc1CS(=O)(=O)c1cc(Cl)cc(C(F)(F)F)c1. The molecule has 3 aromatic carbocycles. The van der Waals surface area contributed by atoms with Gasteiger partial charge in [-0.3, -0.25) is 4.79 Å². The number of carbonyl (C=O) groups excluding carboxylic acids is 1. The second kappa shape index (κ2) is 8.59. The van der Waals surface area contributed by atoms with Crippen LogP contribution in [0.1, 0.15) is 28.4 Å². The molecule has 0 fully saturated rings. The number of hydrogen-bond acceptors (Lipinski definition) is 4. The van der Waals surface area contributed by atoms with Crippen LogP contribution in [0, 0.1) is 0 Å². The molecule has 3 nitrogen and oxygen atoms in total. The van der Waals surface area contributed by atoms with Crippen molar-refractivity contribution < 1.29 is 26.4 Å². The highest BCUT2D eigenvalue weighted by Crippen LogP contribution is 2.36. The molecule has 0 radical (unpaired) electrons. The lowest BCUT2D eigenvalue weighted by Gasteiger charge is -2.13. The van der Waals surface area contributed by atoms with Gasteiger partial charge in [-0.25, -0.2) is 8.42 Å². The van der Waals surface area contributed by atoms with Crippen LogP contribution < -0.4 is 0 Å². The monoisotopic (exact) mass is 508 g/mol. The Morgan fingerprint density at radius 3 is 2.39 bits per heavy atom. The predicted molar refractivity (Wildman–Crippen MR) is 125 cm³/mol. The molecule has 0 amide bonds. The lowest BCUT2D eigenvalue weighted by atomic mass is 10.0. The summed E-state index contributed by atoms with van der Waals surface area (Å²) in [7, 11) is -4.23. The smallest absolute Gasteiger partial charge is 0.295 e. The molecule has 0 aliphatic carbocycles. The van der Waals surface area contributed by atoms with Crippen LogP contribution in [-0.4, -0.2) is 14.2 Å². The maximum Gasteiger partial charge on any atom is 0.416 e. The number of rotatable bonds is 5. The molecule has 0 unspecified atom stereocenters. The average molecular weight is 509 g/mol. The van der Waals surface area contributed by atoms with Crippen molar-refractivity contribution in [3.05, 3.63) is 88.4 Å². The Bertz CT molecular complexity index is 1460. The molecule has 4 aromatic rings. The Morgan fingerprint density at radius 2 is 1.73 bits per heavy atom. The van der Waals surface area contributed by atoms with Gasteiger partial charge in [0, 0.05) is 20.2 Å². The fourth-order valence-electron chi connectivity index (χ4n) is 3.53. The summed E-state index contributed by atoms with van der Waals surface area (Å²) in [6.07, 6.45) is -4.75. The average Bonchev–Trinajstić information content (AvgIpc) is 3.16. The lowest BCUT2D eigenvalue weighted by molar-refractivity contribution is -0.137. The molecule has 1 heterocycles. The first kappa shape index (κ1) is 23.5. The fourth-order valence-corrected chi connectivity index (χ4v) is 6.31. The Kier molecular flexibility index (Phi) is 6.11. The number of fused-ring (bicyclic) bond motifs is 1. The van der Waals surface area contributed by atoms with Gasteiger partial charge in [0.1, 0.15) is 0 Å². The Labute approximate surface area is 197 Å². The topological polar surface area (TPSA) is 51.2 Å². The third-order valence-electron chi connectivity index (χ3n) is 5.10. The van der Waals surface area contributed by atoms with E-state index in [0.717, 1.165) is 21.0 Å². The molecule has 0 atom stereocenters.